The molecule has 0 spiro atoms. The zero-order valence-corrected chi connectivity index (χ0v) is 42.7. The summed E-state index contributed by atoms with van der Waals surface area (Å²) in [6.07, 6.45) is 0. The second-order valence-corrected chi connectivity index (χ2v) is 19.8. The van der Waals surface area contributed by atoms with Gasteiger partial charge in [-0.15, -0.1) is 0 Å². The lowest BCUT2D eigenvalue weighted by atomic mass is 10.00. The molecule has 0 aliphatic heterocycles. The van der Waals surface area contributed by atoms with Gasteiger partial charge in [-0.1, -0.05) is 200 Å². The molecule has 78 heavy (non-hydrogen) atoms. The molecule has 0 saturated heterocycles. The van der Waals surface area contributed by atoms with Gasteiger partial charge < -0.3 is 19.1 Å². The summed E-state index contributed by atoms with van der Waals surface area (Å²) in [5.74, 6) is 0. The zero-order valence-electron chi connectivity index (χ0n) is 42.7. The fraction of sp³-hybridized carbons (Fsp3) is 0. The lowest BCUT2D eigenvalue weighted by Crippen LogP contribution is -2.16. The molecule has 1 aromatic heterocycles. The van der Waals surface area contributed by atoms with E-state index in [1.807, 2.05) is 12.1 Å². The van der Waals surface area contributed by atoms with Crippen LogP contribution in [0.3, 0.4) is 0 Å². The number of hydrogen-bond acceptors (Lipinski definition) is 4. The second-order valence-electron chi connectivity index (χ2n) is 19.8. The number of hydrogen-bond donors (Lipinski definition) is 0. The van der Waals surface area contributed by atoms with E-state index in [1.165, 1.54) is 33.0 Å². The van der Waals surface area contributed by atoms with E-state index in [1.54, 1.807) is 0 Å². The Bertz CT molecular complexity index is 4240. The van der Waals surface area contributed by atoms with Gasteiger partial charge in [0.05, 0.1) is 17.1 Å². The molecule has 0 fully saturated rings. The Morgan fingerprint density at radius 2 is 0.564 bits per heavy atom. The van der Waals surface area contributed by atoms with E-state index in [2.05, 4.69) is 312 Å². The summed E-state index contributed by atoms with van der Waals surface area (Å²) >= 11 is 0. The maximum atomic E-state index is 6.55. The van der Waals surface area contributed by atoms with E-state index in [9.17, 15) is 0 Å². The Kier molecular flexibility index (Phi) is 11.8. The van der Waals surface area contributed by atoms with Crippen LogP contribution in [0.4, 0.5) is 51.2 Å². The molecule has 0 aliphatic carbocycles. The summed E-state index contributed by atoms with van der Waals surface area (Å²) < 4.78 is 6.55. The van der Waals surface area contributed by atoms with Crippen molar-refractivity contribution in [2.45, 2.75) is 0 Å². The number of anilines is 9. The van der Waals surface area contributed by atoms with Crippen LogP contribution in [-0.2, 0) is 0 Å². The van der Waals surface area contributed by atoms with Gasteiger partial charge >= 0.3 is 0 Å². The molecule has 14 aromatic rings. The average molecular weight is 998 g/mol. The monoisotopic (exact) mass is 997 g/mol. The molecule has 0 bridgehead atoms. The molecule has 368 valence electrons. The Labute approximate surface area is 454 Å². The largest absolute Gasteiger partial charge is 0.455 e. The number of nitrogens with zero attached hydrogens (tertiary/aromatic N) is 3. The molecular weight excluding hydrogens is 947 g/mol. The number of rotatable bonds is 12. The maximum Gasteiger partial charge on any atom is 0.143 e. The van der Waals surface area contributed by atoms with Crippen LogP contribution in [0.15, 0.2) is 314 Å². The second kappa shape index (κ2) is 20.0. The molecule has 13 aromatic carbocycles. The quantitative estimate of drug-likeness (QED) is 0.122. The fourth-order valence-electron chi connectivity index (χ4n) is 11.2. The highest BCUT2D eigenvalue weighted by molar-refractivity contribution is 6.09. The van der Waals surface area contributed by atoms with Crippen LogP contribution >= 0.6 is 0 Å². The van der Waals surface area contributed by atoms with E-state index in [0.717, 1.165) is 95.0 Å². The molecule has 4 nitrogen and oxygen atoms in total. The molecule has 0 amide bonds. The number of fused-ring (bicyclic) bond motifs is 5. The van der Waals surface area contributed by atoms with Gasteiger partial charge in [0, 0.05) is 50.5 Å². The predicted molar refractivity (Wildman–Crippen MR) is 329 cm³/mol. The highest BCUT2D eigenvalue weighted by Crippen LogP contribution is 2.47. The lowest BCUT2D eigenvalue weighted by Gasteiger charge is -2.33. The molecule has 0 radical (unpaired) electrons. The molecular formula is C74H51N3O. The van der Waals surface area contributed by atoms with E-state index in [0.29, 0.717) is 0 Å². The number of para-hydroxylation sites is 5. The minimum atomic E-state index is 0.887. The van der Waals surface area contributed by atoms with Crippen molar-refractivity contribution in [3.05, 3.63) is 309 Å². The Balaban J connectivity index is 0.969. The first-order valence-electron chi connectivity index (χ1n) is 26.6. The van der Waals surface area contributed by atoms with Crippen molar-refractivity contribution in [3.63, 3.8) is 0 Å². The van der Waals surface area contributed by atoms with Crippen LogP contribution in [0.25, 0.3) is 76.9 Å². The summed E-state index contributed by atoms with van der Waals surface area (Å²) in [5.41, 5.74) is 17.9. The molecule has 0 atom stereocenters. The summed E-state index contributed by atoms with van der Waals surface area (Å²) in [6.45, 7) is 0. The van der Waals surface area contributed by atoms with Gasteiger partial charge in [-0.25, -0.2) is 0 Å². The van der Waals surface area contributed by atoms with Gasteiger partial charge in [0.25, 0.3) is 0 Å². The van der Waals surface area contributed by atoms with Crippen LogP contribution < -0.4 is 14.7 Å². The van der Waals surface area contributed by atoms with Crippen molar-refractivity contribution in [2.75, 3.05) is 14.7 Å². The number of benzene rings is 13. The topological polar surface area (TPSA) is 22.9 Å². The van der Waals surface area contributed by atoms with Gasteiger partial charge in [0.1, 0.15) is 11.2 Å². The van der Waals surface area contributed by atoms with E-state index in [-0.39, 0.29) is 0 Å². The van der Waals surface area contributed by atoms with Crippen molar-refractivity contribution in [3.8, 4) is 33.4 Å². The van der Waals surface area contributed by atoms with Gasteiger partial charge in [0.15, 0.2) is 0 Å². The van der Waals surface area contributed by atoms with E-state index in [4.69, 9.17) is 4.42 Å². The third kappa shape index (κ3) is 8.77. The lowest BCUT2D eigenvalue weighted by molar-refractivity contribution is 0.670. The standard InChI is InChI=1S/C74H51N3O/c1-6-19-52(20-7-1)55-33-35-59-47-65(43-39-57(59)45-55)76(62-25-12-4-13-26-62)68-49-67(50-69(51-68)77(63-27-14-5-15-28-63)66-44-40-58-46-56(34-36-60(58)48-66)53-21-8-2-9-22-53)75(61-23-10-3-11-24-61)64-41-37-54(38-42-64)70-30-18-31-72-71-29-16-17-32-73(71)78-74(70)72/h1-51H. The molecule has 14 rings (SSSR count). The highest BCUT2D eigenvalue weighted by Gasteiger charge is 2.23. The molecule has 0 N–H and O–H groups in total. The van der Waals surface area contributed by atoms with Crippen molar-refractivity contribution < 1.29 is 4.42 Å². The van der Waals surface area contributed by atoms with E-state index < -0.39 is 0 Å². The zero-order chi connectivity index (χ0) is 51.8. The normalized spacial score (nSPS) is 11.3. The van der Waals surface area contributed by atoms with Gasteiger partial charge in [-0.05, 0) is 159 Å². The van der Waals surface area contributed by atoms with Gasteiger partial charge in [-0.2, -0.15) is 0 Å². The summed E-state index contributed by atoms with van der Waals surface area (Å²) in [7, 11) is 0. The minimum Gasteiger partial charge on any atom is -0.455 e. The third-order valence-electron chi connectivity index (χ3n) is 14.9. The Morgan fingerprint density at radius 3 is 1.05 bits per heavy atom. The SMILES string of the molecule is c1ccc(-c2ccc3cc(N(c4ccccc4)c4cc(N(c5ccccc5)c5ccc(-c6cccc7c6oc6ccccc67)cc5)cc(N(c5ccccc5)c5ccc6cc(-c7ccccc7)ccc6c5)c4)ccc3c2)cc1. The Morgan fingerprint density at radius 1 is 0.205 bits per heavy atom. The fourth-order valence-corrected chi connectivity index (χ4v) is 11.2. The van der Waals surface area contributed by atoms with Gasteiger partial charge in [0.2, 0.25) is 0 Å². The molecule has 0 saturated carbocycles. The summed E-state index contributed by atoms with van der Waals surface area (Å²) in [4.78, 5) is 7.17. The molecule has 1 heterocycles. The first kappa shape index (κ1) is 46.1. The van der Waals surface area contributed by atoms with Crippen LogP contribution in [0, 0.1) is 0 Å². The van der Waals surface area contributed by atoms with Crippen LogP contribution in [-0.4, -0.2) is 0 Å². The predicted octanol–water partition coefficient (Wildman–Crippen LogP) is 21.3. The average Bonchev–Trinajstić information content (AvgIpc) is 4.02. The van der Waals surface area contributed by atoms with Crippen molar-refractivity contribution in [1.29, 1.82) is 0 Å². The van der Waals surface area contributed by atoms with Crippen LogP contribution in [0.1, 0.15) is 0 Å². The highest BCUT2D eigenvalue weighted by atomic mass is 16.3. The van der Waals surface area contributed by atoms with E-state index >= 15 is 0 Å². The first-order valence-corrected chi connectivity index (χ1v) is 26.6. The molecule has 0 aliphatic rings. The number of furan rings is 1. The molecule has 4 heteroatoms. The van der Waals surface area contributed by atoms with Gasteiger partial charge in [-0.3, -0.25) is 0 Å². The van der Waals surface area contributed by atoms with Crippen molar-refractivity contribution in [1.82, 2.24) is 0 Å². The van der Waals surface area contributed by atoms with Crippen molar-refractivity contribution >= 4 is 94.7 Å². The van der Waals surface area contributed by atoms with Crippen LogP contribution in [0.5, 0.6) is 0 Å². The van der Waals surface area contributed by atoms with Crippen LogP contribution in [0.2, 0.25) is 0 Å². The molecule has 0 unspecified atom stereocenters. The Hall–Kier alpha value is -10.4. The van der Waals surface area contributed by atoms with Crippen molar-refractivity contribution in [2.24, 2.45) is 0 Å². The minimum absolute atomic E-state index is 0.887. The summed E-state index contributed by atoms with van der Waals surface area (Å²) in [6, 6.07) is 111. The maximum absolute atomic E-state index is 6.55. The first-order chi connectivity index (χ1) is 38.6. The summed E-state index contributed by atoms with van der Waals surface area (Å²) in [5, 5.41) is 6.91. The third-order valence-corrected chi connectivity index (χ3v) is 14.9. The smallest absolute Gasteiger partial charge is 0.143 e.